The maximum atomic E-state index is 11.4. The molecule has 1 rings (SSSR count). The molecule has 1 aromatic rings. The Kier molecular flexibility index (Phi) is 3.46. The van der Waals surface area contributed by atoms with E-state index in [1.807, 2.05) is 6.92 Å². The summed E-state index contributed by atoms with van der Waals surface area (Å²) in [6, 6.07) is 5.28. The normalized spacial score (nSPS) is 10.1. The molecule has 0 atom stereocenters. The second kappa shape index (κ2) is 4.40. The number of carbonyl (C=O) groups excluding carboxylic acids is 1. The van der Waals surface area contributed by atoms with Gasteiger partial charge in [-0.3, -0.25) is 4.79 Å². The Morgan fingerprint density at radius 2 is 2.23 bits per heavy atom. The fourth-order valence-corrected chi connectivity index (χ4v) is 1.29. The first-order valence-corrected chi connectivity index (χ1v) is 4.32. The van der Waals surface area contributed by atoms with Crippen molar-refractivity contribution < 1.29 is 9.53 Å². The first kappa shape index (κ1) is 10.2. The van der Waals surface area contributed by atoms with Gasteiger partial charge in [0.25, 0.3) is 0 Å². The van der Waals surface area contributed by atoms with Gasteiger partial charge < -0.3 is 4.74 Å². The monoisotopic (exact) mass is 198 g/mol. The number of ether oxygens (including phenoxy) is 1. The van der Waals surface area contributed by atoms with Crippen LogP contribution in [0.3, 0.4) is 0 Å². The Morgan fingerprint density at radius 3 is 2.85 bits per heavy atom. The molecule has 0 N–H and O–H groups in total. The second-order valence-electron chi connectivity index (χ2n) is 2.77. The van der Waals surface area contributed by atoms with Crippen molar-refractivity contribution in [3.8, 4) is 0 Å². The SMILES string of the molecule is COCC(=O)c1cccc(Cl)c1C. The van der Waals surface area contributed by atoms with E-state index in [2.05, 4.69) is 0 Å². The zero-order valence-electron chi connectivity index (χ0n) is 7.63. The van der Waals surface area contributed by atoms with Gasteiger partial charge in [-0.15, -0.1) is 0 Å². The third kappa shape index (κ3) is 2.29. The fraction of sp³-hybridized carbons (Fsp3) is 0.300. The molecule has 3 heteroatoms. The second-order valence-corrected chi connectivity index (χ2v) is 3.18. The van der Waals surface area contributed by atoms with Crippen LogP contribution in [0.4, 0.5) is 0 Å². The van der Waals surface area contributed by atoms with Crippen molar-refractivity contribution >= 4 is 17.4 Å². The van der Waals surface area contributed by atoms with Gasteiger partial charge in [-0.25, -0.2) is 0 Å². The molecule has 0 saturated heterocycles. The van der Waals surface area contributed by atoms with E-state index in [0.29, 0.717) is 10.6 Å². The minimum absolute atomic E-state index is 0.0394. The van der Waals surface area contributed by atoms with Crippen LogP contribution in [0.2, 0.25) is 5.02 Å². The highest BCUT2D eigenvalue weighted by molar-refractivity contribution is 6.31. The molecule has 70 valence electrons. The van der Waals surface area contributed by atoms with Gasteiger partial charge in [0.1, 0.15) is 6.61 Å². The number of halogens is 1. The summed E-state index contributed by atoms with van der Waals surface area (Å²) >= 11 is 5.87. The molecule has 0 saturated carbocycles. The Bertz CT molecular complexity index is 321. The third-order valence-corrected chi connectivity index (χ3v) is 2.25. The Balaban J connectivity index is 3.01. The van der Waals surface area contributed by atoms with Gasteiger partial charge in [0.2, 0.25) is 0 Å². The molecule has 0 aromatic heterocycles. The predicted octanol–water partition coefficient (Wildman–Crippen LogP) is 2.48. The lowest BCUT2D eigenvalue weighted by Crippen LogP contribution is -2.08. The van der Waals surface area contributed by atoms with Crippen molar-refractivity contribution in [2.45, 2.75) is 6.92 Å². The Hall–Kier alpha value is -0.860. The number of ketones is 1. The number of carbonyl (C=O) groups is 1. The molecule has 0 fully saturated rings. The van der Waals surface area contributed by atoms with Gasteiger partial charge in [0.05, 0.1) is 0 Å². The fourth-order valence-electron chi connectivity index (χ4n) is 1.12. The van der Waals surface area contributed by atoms with Crippen molar-refractivity contribution in [2.24, 2.45) is 0 Å². The van der Waals surface area contributed by atoms with Gasteiger partial charge in [-0.05, 0) is 18.6 Å². The standard InChI is InChI=1S/C10H11ClO2/c1-7-8(10(12)6-13-2)4-3-5-9(7)11/h3-5H,6H2,1-2H3. The maximum absolute atomic E-state index is 11.4. The smallest absolute Gasteiger partial charge is 0.188 e. The van der Waals surface area contributed by atoms with Gasteiger partial charge >= 0.3 is 0 Å². The summed E-state index contributed by atoms with van der Waals surface area (Å²) in [6.45, 7) is 1.92. The molecule has 0 aliphatic heterocycles. The summed E-state index contributed by atoms with van der Waals surface area (Å²) in [6.07, 6.45) is 0. The van der Waals surface area contributed by atoms with E-state index in [0.717, 1.165) is 5.56 Å². The van der Waals surface area contributed by atoms with Gasteiger partial charge in [-0.1, -0.05) is 23.7 Å². The topological polar surface area (TPSA) is 26.3 Å². The maximum Gasteiger partial charge on any atom is 0.188 e. The average molecular weight is 199 g/mol. The van der Waals surface area contributed by atoms with E-state index in [9.17, 15) is 4.79 Å². The minimum Gasteiger partial charge on any atom is -0.377 e. The highest BCUT2D eigenvalue weighted by Crippen LogP contribution is 2.18. The molecule has 13 heavy (non-hydrogen) atoms. The van der Waals surface area contributed by atoms with Crippen LogP contribution >= 0.6 is 11.6 Å². The van der Waals surface area contributed by atoms with E-state index < -0.39 is 0 Å². The summed E-state index contributed by atoms with van der Waals surface area (Å²) in [4.78, 5) is 11.4. The number of methoxy groups -OCH3 is 1. The van der Waals surface area contributed by atoms with Crippen molar-refractivity contribution in [2.75, 3.05) is 13.7 Å². The number of Topliss-reactive ketones (excluding diaryl/α,β-unsaturated/α-hetero) is 1. The molecule has 1 aromatic carbocycles. The van der Waals surface area contributed by atoms with Crippen LogP contribution in [0.1, 0.15) is 15.9 Å². The summed E-state index contributed by atoms with van der Waals surface area (Å²) in [5.41, 5.74) is 1.44. The number of benzene rings is 1. The minimum atomic E-state index is -0.0394. The number of hydrogen-bond acceptors (Lipinski definition) is 2. The number of hydrogen-bond donors (Lipinski definition) is 0. The summed E-state index contributed by atoms with van der Waals surface area (Å²) in [5.74, 6) is -0.0394. The Labute approximate surface area is 82.5 Å². The molecule has 0 aliphatic carbocycles. The van der Waals surface area contributed by atoms with Crippen LogP contribution in [0.5, 0.6) is 0 Å². The van der Waals surface area contributed by atoms with Crippen molar-refractivity contribution in [3.05, 3.63) is 34.3 Å². The molecule has 0 aliphatic rings. The lowest BCUT2D eigenvalue weighted by Gasteiger charge is -2.04. The van der Waals surface area contributed by atoms with E-state index in [1.54, 1.807) is 18.2 Å². The summed E-state index contributed by atoms with van der Waals surface area (Å²) in [5, 5.41) is 0.613. The number of rotatable bonds is 3. The van der Waals surface area contributed by atoms with E-state index in [1.165, 1.54) is 7.11 Å². The first-order valence-electron chi connectivity index (χ1n) is 3.94. The Morgan fingerprint density at radius 1 is 1.54 bits per heavy atom. The average Bonchev–Trinajstić information content (AvgIpc) is 2.10. The summed E-state index contributed by atoms with van der Waals surface area (Å²) < 4.78 is 4.76. The molecule has 0 heterocycles. The van der Waals surface area contributed by atoms with Crippen molar-refractivity contribution in [1.29, 1.82) is 0 Å². The first-order chi connectivity index (χ1) is 6.16. The van der Waals surface area contributed by atoms with Crippen LogP contribution in [-0.2, 0) is 4.74 Å². The van der Waals surface area contributed by atoms with Crippen molar-refractivity contribution in [3.63, 3.8) is 0 Å². The zero-order chi connectivity index (χ0) is 9.84. The predicted molar refractivity (Wildman–Crippen MR) is 52.4 cm³/mol. The van der Waals surface area contributed by atoms with Gasteiger partial charge in [-0.2, -0.15) is 0 Å². The summed E-state index contributed by atoms with van der Waals surface area (Å²) in [7, 11) is 1.50. The zero-order valence-corrected chi connectivity index (χ0v) is 8.39. The molecular formula is C10H11ClO2. The van der Waals surface area contributed by atoms with Gasteiger partial charge in [0, 0.05) is 17.7 Å². The van der Waals surface area contributed by atoms with Crippen LogP contribution in [-0.4, -0.2) is 19.5 Å². The van der Waals surface area contributed by atoms with Crippen molar-refractivity contribution in [1.82, 2.24) is 0 Å². The molecule has 0 amide bonds. The lowest BCUT2D eigenvalue weighted by molar-refractivity contribution is 0.0847. The largest absolute Gasteiger partial charge is 0.377 e. The van der Waals surface area contributed by atoms with E-state index >= 15 is 0 Å². The highest BCUT2D eigenvalue weighted by atomic mass is 35.5. The van der Waals surface area contributed by atoms with Crippen LogP contribution in [0.25, 0.3) is 0 Å². The molecular weight excluding hydrogens is 188 g/mol. The van der Waals surface area contributed by atoms with Gasteiger partial charge in [0.15, 0.2) is 5.78 Å². The quantitative estimate of drug-likeness (QED) is 0.698. The molecule has 2 nitrogen and oxygen atoms in total. The molecule has 0 spiro atoms. The molecule has 0 bridgehead atoms. The molecule has 0 radical (unpaired) electrons. The lowest BCUT2D eigenvalue weighted by atomic mass is 10.1. The van der Waals surface area contributed by atoms with Crippen LogP contribution in [0, 0.1) is 6.92 Å². The van der Waals surface area contributed by atoms with E-state index in [-0.39, 0.29) is 12.4 Å². The highest BCUT2D eigenvalue weighted by Gasteiger charge is 2.09. The third-order valence-electron chi connectivity index (χ3n) is 1.84. The molecule has 0 unspecified atom stereocenters. The van der Waals surface area contributed by atoms with Crippen LogP contribution < -0.4 is 0 Å². The van der Waals surface area contributed by atoms with E-state index in [4.69, 9.17) is 16.3 Å². The van der Waals surface area contributed by atoms with Crippen LogP contribution in [0.15, 0.2) is 18.2 Å².